The predicted molar refractivity (Wildman–Crippen MR) is 133 cm³/mol. The van der Waals surface area contributed by atoms with E-state index in [9.17, 15) is 14.7 Å². The molecule has 35 heavy (non-hydrogen) atoms. The van der Waals surface area contributed by atoms with E-state index in [1.54, 1.807) is 24.5 Å². The number of aliphatic hydroxyl groups excluding tert-OH is 1. The van der Waals surface area contributed by atoms with Crippen LogP contribution in [-0.2, 0) is 16.8 Å². The molecule has 2 aromatic heterocycles. The van der Waals surface area contributed by atoms with Crippen LogP contribution in [0.3, 0.4) is 0 Å². The zero-order valence-corrected chi connectivity index (χ0v) is 19.9. The van der Waals surface area contributed by atoms with E-state index < -0.39 is 23.5 Å². The molecular formula is C29H26N2O4. The number of carbonyl (C=O) groups excluding carboxylic acids is 2. The summed E-state index contributed by atoms with van der Waals surface area (Å²) >= 11 is 0. The van der Waals surface area contributed by atoms with Crippen LogP contribution in [0.5, 0.6) is 0 Å². The molecule has 0 spiro atoms. The van der Waals surface area contributed by atoms with E-state index in [0.29, 0.717) is 5.58 Å². The van der Waals surface area contributed by atoms with E-state index in [-0.39, 0.29) is 23.3 Å². The van der Waals surface area contributed by atoms with Gasteiger partial charge in [-0.3, -0.25) is 14.6 Å². The first-order chi connectivity index (χ1) is 16.7. The Morgan fingerprint density at radius 3 is 2.37 bits per heavy atom. The van der Waals surface area contributed by atoms with Crippen molar-refractivity contribution < 1.29 is 19.1 Å². The minimum absolute atomic E-state index is 0.0200. The van der Waals surface area contributed by atoms with Crippen LogP contribution in [0.1, 0.15) is 54.1 Å². The van der Waals surface area contributed by atoms with E-state index >= 15 is 0 Å². The molecule has 0 fully saturated rings. The highest BCUT2D eigenvalue weighted by Crippen LogP contribution is 2.41. The van der Waals surface area contributed by atoms with Crippen LogP contribution in [0.4, 0.5) is 0 Å². The fraction of sp³-hybridized carbons (Fsp3) is 0.207. The van der Waals surface area contributed by atoms with Crippen molar-refractivity contribution in [3.8, 4) is 0 Å². The van der Waals surface area contributed by atoms with Crippen molar-refractivity contribution >= 4 is 22.7 Å². The maximum Gasteiger partial charge on any atom is 0.290 e. The second-order valence-corrected chi connectivity index (χ2v) is 9.80. The van der Waals surface area contributed by atoms with Crippen molar-refractivity contribution in [1.29, 1.82) is 0 Å². The quantitative estimate of drug-likeness (QED) is 0.370. The van der Waals surface area contributed by atoms with Crippen LogP contribution < -0.4 is 0 Å². The number of nitrogens with zero attached hydrogens (tertiary/aromatic N) is 2. The van der Waals surface area contributed by atoms with Crippen LogP contribution in [0, 0.1) is 0 Å². The maximum atomic E-state index is 13.7. The van der Waals surface area contributed by atoms with Gasteiger partial charge in [0.15, 0.2) is 11.5 Å². The van der Waals surface area contributed by atoms with Crippen molar-refractivity contribution in [3.63, 3.8) is 0 Å². The summed E-state index contributed by atoms with van der Waals surface area (Å²) in [5.41, 5.74) is 3.25. The molecule has 1 N–H and O–H groups in total. The number of ketones is 1. The number of aromatic nitrogens is 1. The Morgan fingerprint density at radius 2 is 1.71 bits per heavy atom. The van der Waals surface area contributed by atoms with Gasteiger partial charge in [-0.25, -0.2) is 0 Å². The molecule has 1 aliphatic rings. The summed E-state index contributed by atoms with van der Waals surface area (Å²) in [6.07, 6.45) is 3.30. The lowest BCUT2D eigenvalue weighted by Gasteiger charge is -2.27. The number of furan rings is 1. The lowest BCUT2D eigenvalue weighted by Crippen LogP contribution is -2.30. The zero-order valence-electron chi connectivity index (χ0n) is 19.9. The van der Waals surface area contributed by atoms with Gasteiger partial charge < -0.3 is 14.4 Å². The van der Waals surface area contributed by atoms with Crippen LogP contribution in [-0.4, -0.2) is 26.7 Å². The Labute approximate surface area is 203 Å². The van der Waals surface area contributed by atoms with Gasteiger partial charge >= 0.3 is 0 Å². The number of benzene rings is 2. The third kappa shape index (κ3) is 4.12. The number of hydrogen-bond donors (Lipinski definition) is 1. The molecule has 0 bridgehead atoms. The van der Waals surface area contributed by atoms with Crippen molar-refractivity contribution in [1.82, 2.24) is 9.88 Å². The van der Waals surface area contributed by atoms with E-state index in [4.69, 9.17) is 4.42 Å². The molecule has 1 aliphatic heterocycles. The van der Waals surface area contributed by atoms with Crippen LogP contribution in [0.2, 0.25) is 0 Å². The predicted octanol–water partition coefficient (Wildman–Crippen LogP) is 5.90. The Kier molecular flexibility index (Phi) is 5.52. The van der Waals surface area contributed by atoms with E-state index in [0.717, 1.165) is 22.1 Å². The van der Waals surface area contributed by atoms with Gasteiger partial charge in [-0.2, -0.15) is 0 Å². The van der Waals surface area contributed by atoms with Gasteiger partial charge in [0.05, 0.1) is 11.6 Å². The van der Waals surface area contributed by atoms with Gasteiger partial charge in [0, 0.05) is 24.3 Å². The van der Waals surface area contributed by atoms with Gasteiger partial charge in [0.2, 0.25) is 5.78 Å². The molecule has 0 radical (unpaired) electrons. The molecule has 176 valence electrons. The average Bonchev–Trinajstić information content (AvgIpc) is 3.39. The molecule has 5 rings (SSSR count). The Morgan fingerprint density at radius 1 is 1.03 bits per heavy atom. The maximum absolute atomic E-state index is 13.7. The van der Waals surface area contributed by atoms with Gasteiger partial charge in [-0.15, -0.1) is 0 Å². The Hall–Kier alpha value is -4.19. The number of fused-ring (bicyclic) bond motifs is 1. The first kappa shape index (κ1) is 22.6. The number of para-hydroxylation sites is 1. The highest BCUT2D eigenvalue weighted by molar-refractivity contribution is 6.16. The van der Waals surface area contributed by atoms with Gasteiger partial charge in [0.1, 0.15) is 5.58 Å². The molecule has 4 aromatic rings. The molecule has 2 aromatic carbocycles. The standard InChI is InChI=1S/C29H26N2O4/c1-29(2,3)21-10-8-19(9-11-21)25-24(26(32)23-16-20-6-4-5-7-22(20)35-23)27(33)28(34)31(25)17-18-12-14-30-15-13-18/h4-16,25,33H,17H2,1-3H3. The van der Waals surface area contributed by atoms with Gasteiger partial charge in [0.25, 0.3) is 5.91 Å². The lowest BCUT2D eigenvalue weighted by atomic mass is 9.85. The van der Waals surface area contributed by atoms with Crippen molar-refractivity contribution in [3.05, 3.63) is 113 Å². The Bertz CT molecular complexity index is 1410. The third-order valence-electron chi connectivity index (χ3n) is 6.39. The number of carbonyl (C=O) groups is 2. The number of pyridine rings is 1. The summed E-state index contributed by atoms with van der Waals surface area (Å²) in [7, 11) is 0. The fourth-order valence-corrected chi connectivity index (χ4v) is 4.47. The first-order valence-corrected chi connectivity index (χ1v) is 11.5. The zero-order chi connectivity index (χ0) is 24.7. The van der Waals surface area contributed by atoms with E-state index in [1.165, 1.54) is 4.90 Å². The summed E-state index contributed by atoms with van der Waals surface area (Å²) in [5, 5.41) is 11.7. The molecule has 6 heteroatoms. The largest absolute Gasteiger partial charge is 0.503 e. The number of Topliss-reactive ketones (excluding diaryl/α,β-unsaturated/α-hetero) is 1. The number of amides is 1. The highest BCUT2D eigenvalue weighted by Gasteiger charge is 2.44. The molecule has 3 heterocycles. The normalized spacial score (nSPS) is 16.4. The highest BCUT2D eigenvalue weighted by atomic mass is 16.3. The summed E-state index contributed by atoms with van der Waals surface area (Å²) < 4.78 is 5.79. The monoisotopic (exact) mass is 466 g/mol. The van der Waals surface area contributed by atoms with E-state index in [2.05, 4.69) is 25.8 Å². The summed E-state index contributed by atoms with van der Waals surface area (Å²) in [5.74, 6) is -1.56. The van der Waals surface area contributed by atoms with E-state index in [1.807, 2.05) is 54.6 Å². The number of aliphatic hydroxyl groups is 1. The minimum atomic E-state index is -0.759. The minimum Gasteiger partial charge on any atom is -0.503 e. The second kappa shape index (κ2) is 8.55. The molecule has 0 saturated heterocycles. The average molecular weight is 467 g/mol. The van der Waals surface area contributed by atoms with Crippen LogP contribution in [0.25, 0.3) is 11.0 Å². The van der Waals surface area contributed by atoms with Crippen LogP contribution >= 0.6 is 0 Å². The van der Waals surface area contributed by atoms with Crippen molar-refractivity contribution in [2.24, 2.45) is 0 Å². The molecule has 0 saturated carbocycles. The SMILES string of the molecule is CC(C)(C)c1ccc(C2C(C(=O)c3cc4ccccc4o3)=C(O)C(=O)N2Cc2ccncc2)cc1. The number of hydrogen-bond acceptors (Lipinski definition) is 5. The lowest BCUT2D eigenvalue weighted by molar-refractivity contribution is -0.130. The topological polar surface area (TPSA) is 83.6 Å². The molecule has 6 nitrogen and oxygen atoms in total. The van der Waals surface area contributed by atoms with Crippen molar-refractivity contribution in [2.75, 3.05) is 0 Å². The number of rotatable bonds is 5. The smallest absolute Gasteiger partial charge is 0.290 e. The summed E-state index contributed by atoms with van der Waals surface area (Å²) in [6, 6.07) is 19.7. The molecule has 0 aliphatic carbocycles. The third-order valence-corrected chi connectivity index (χ3v) is 6.39. The molecule has 1 amide bonds. The summed E-state index contributed by atoms with van der Waals surface area (Å²) in [4.78, 5) is 32.5. The molecular weight excluding hydrogens is 440 g/mol. The molecule has 1 unspecified atom stereocenters. The summed E-state index contributed by atoms with van der Waals surface area (Å²) in [6.45, 7) is 6.59. The van der Waals surface area contributed by atoms with Crippen molar-refractivity contribution in [2.45, 2.75) is 38.8 Å². The second-order valence-electron chi connectivity index (χ2n) is 9.80. The molecule has 1 atom stereocenters. The fourth-order valence-electron chi connectivity index (χ4n) is 4.47. The van der Waals surface area contributed by atoms with Crippen LogP contribution in [0.15, 0.2) is 94.9 Å². The van der Waals surface area contributed by atoms with Gasteiger partial charge in [-0.05, 0) is 46.4 Å². The first-order valence-electron chi connectivity index (χ1n) is 11.5. The van der Waals surface area contributed by atoms with Gasteiger partial charge in [-0.1, -0.05) is 63.2 Å². The Balaban J connectivity index is 1.60.